The highest BCUT2D eigenvalue weighted by Crippen LogP contribution is 2.09. The molecule has 15 heavy (non-hydrogen) atoms. The Bertz CT molecular complexity index is 217. The summed E-state index contributed by atoms with van der Waals surface area (Å²) in [5.41, 5.74) is -1.45. The fraction of sp³-hybridized carbons (Fsp3) is 0.900. The van der Waals surface area contributed by atoms with E-state index in [9.17, 15) is 9.90 Å². The number of aliphatic hydroxyl groups is 1. The Labute approximate surface area is 96.2 Å². The summed E-state index contributed by atoms with van der Waals surface area (Å²) in [6.45, 7) is 5.59. The van der Waals surface area contributed by atoms with E-state index in [1.807, 2.05) is 6.26 Å². The van der Waals surface area contributed by atoms with Crippen molar-refractivity contribution in [3.05, 3.63) is 0 Å². The van der Waals surface area contributed by atoms with Crippen LogP contribution in [0, 0.1) is 0 Å². The monoisotopic (exact) mass is 234 g/mol. The van der Waals surface area contributed by atoms with Gasteiger partial charge in [-0.25, -0.2) is 0 Å². The Morgan fingerprint density at radius 1 is 1.40 bits per heavy atom. The van der Waals surface area contributed by atoms with Gasteiger partial charge in [-0.05, 0) is 34.1 Å². The molecule has 4 nitrogen and oxygen atoms in total. The van der Waals surface area contributed by atoms with Crippen LogP contribution in [0.25, 0.3) is 0 Å². The number of amides is 1. The standard InChI is InChI=1S/C10H22N2O2S/c1-9(2,11-4)8(13)12-6-10(3,14)7-15-5/h11,14H,6-7H2,1-5H3,(H,12,13). The van der Waals surface area contributed by atoms with Gasteiger partial charge in [-0.15, -0.1) is 0 Å². The Balaban J connectivity index is 4.11. The first kappa shape index (κ1) is 14.7. The lowest BCUT2D eigenvalue weighted by molar-refractivity contribution is -0.127. The highest BCUT2D eigenvalue weighted by Gasteiger charge is 2.27. The number of carbonyl (C=O) groups is 1. The van der Waals surface area contributed by atoms with Crippen LogP contribution >= 0.6 is 11.8 Å². The zero-order valence-corrected chi connectivity index (χ0v) is 11.0. The fourth-order valence-corrected chi connectivity index (χ4v) is 1.69. The molecule has 1 atom stereocenters. The molecule has 0 aromatic rings. The third-order valence-electron chi connectivity index (χ3n) is 2.28. The summed E-state index contributed by atoms with van der Waals surface area (Å²) in [6, 6.07) is 0. The minimum atomic E-state index is -0.848. The molecule has 0 heterocycles. The van der Waals surface area contributed by atoms with Gasteiger partial charge in [-0.3, -0.25) is 4.79 Å². The van der Waals surface area contributed by atoms with Crippen LogP contribution in [-0.2, 0) is 4.79 Å². The summed E-state index contributed by atoms with van der Waals surface area (Å²) < 4.78 is 0. The number of likely N-dealkylation sites (N-methyl/N-ethyl adjacent to an activating group) is 1. The molecule has 0 aliphatic heterocycles. The summed E-state index contributed by atoms with van der Waals surface area (Å²) in [5.74, 6) is 0.499. The van der Waals surface area contributed by atoms with E-state index < -0.39 is 11.1 Å². The summed E-state index contributed by atoms with van der Waals surface area (Å²) in [4.78, 5) is 11.7. The van der Waals surface area contributed by atoms with Gasteiger partial charge in [0.25, 0.3) is 0 Å². The topological polar surface area (TPSA) is 61.4 Å². The average molecular weight is 234 g/mol. The Morgan fingerprint density at radius 2 is 1.93 bits per heavy atom. The Hall–Kier alpha value is -0.260. The lowest BCUT2D eigenvalue weighted by atomic mass is 10.0. The maximum atomic E-state index is 11.7. The van der Waals surface area contributed by atoms with E-state index >= 15 is 0 Å². The van der Waals surface area contributed by atoms with Gasteiger partial charge in [0, 0.05) is 12.3 Å². The second kappa shape index (κ2) is 5.72. The van der Waals surface area contributed by atoms with Crippen molar-refractivity contribution in [1.82, 2.24) is 10.6 Å². The molecular weight excluding hydrogens is 212 g/mol. The molecule has 0 saturated heterocycles. The van der Waals surface area contributed by atoms with Crippen LogP contribution in [0.15, 0.2) is 0 Å². The van der Waals surface area contributed by atoms with Crippen LogP contribution in [-0.4, -0.2) is 47.8 Å². The normalized spacial score (nSPS) is 15.9. The van der Waals surface area contributed by atoms with Gasteiger partial charge in [0.1, 0.15) is 0 Å². The zero-order valence-electron chi connectivity index (χ0n) is 10.2. The van der Waals surface area contributed by atoms with E-state index in [-0.39, 0.29) is 12.5 Å². The van der Waals surface area contributed by atoms with Gasteiger partial charge < -0.3 is 15.7 Å². The molecule has 0 fully saturated rings. The van der Waals surface area contributed by atoms with E-state index in [0.717, 1.165) is 0 Å². The van der Waals surface area contributed by atoms with E-state index in [1.165, 1.54) is 0 Å². The lowest BCUT2D eigenvalue weighted by Gasteiger charge is -2.27. The van der Waals surface area contributed by atoms with Crippen LogP contribution in [0.4, 0.5) is 0 Å². The molecule has 0 saturated carbocycles. The molecule has 0 aliphatic carbocycles. The fourth-order valence-electron chi connectivity index (χ4n) is 0.967. The summed E-state index contributed by atoms with van der Waals surface area (Å²) >= 11 is 1.56. The number of hydrogen-bond acceptors (Lipinski definition) is 4. The van der Waals surface area contributed by atoms with Crippen molar-refractivity contribution in [2.45, 2.75) is 31.9 Å². The largest absolute Gasteiger partial charge is 0.387 e. The molecular formula is C10H22N2O2S. The molecule has 0 bridgehead atoms. The zero-order chi connectivity index (χ0) is 12.1. The average Bonchev–Trinajstić information content (AvgIpc) is 2.14. The molecule has 3 N–H and O–H groups in total. The van der Waals surface area contributed by atoms with E-state index in [2.05, 4.69) is 10.6 Å². The number of thioether (sulfide) groups is 1. The van der Waals surface area contributed by atoms with E-state index in [0.29, 0.717) is 5.75 Å². The van der Waals surface area contributed by atoms with Crippen molar-refractivity contribution in [1.29, 1.82) is 0 Å². The van der Waals surface area contributed by atoms with E-state index in [1.54, 1.807) is 39.6 Å². The van der Waals surface area contributed by atoms with Crippen molar-refractivity contribution in [2.24, 2.45) is 0 Å². The van der Waals surface area contributed by atoms with Gasteiger partial charge in [0.15, 0.2) is 0 Å². The van der Waals surface area contributed by atoms with Gasteiger partial charge >= 0.3 is 0 Å². The highest BCUT2D eigenvalue weighted by atomic mass is 32.2. The molecule has 5 heteroatoms. The van der Waals surface area contributed by atoms with Gasteiger partial charge in [0.05, 0.1) is 11.1 Å². The second-order valence-electron chi connectivity index (χ2n) is 4.49. The molecule has 0 aliphatic rings. The SMILES string of the molecule is CNC(C)(C)C(=O)NCC(C)(O)CSC. The predicted octanol–water partition coefficient (Wildman–Crippen LogP) is 0.215. The quantitative estimate of drug-likeness (QED) is 0.615. The molecule has 0 rings (SSSR count). The van der Waals surface area contributed by atoms with Gasteiger partial charge in [-0.1, -0.05) is 0 Å². The molecule has 0 radical (unpaired) electrons. The molecule has 0 spiro atoms. The minimum absolute atomic E-state index is 0.105. The first-order valence-corrected chi connectivity index (χ1v) is 6.33. The van der Waals surface area contributed by atoms with Crippen molar-refractivity contribution in [2.75, 3.05) is 25.6 Å². The molecule has 1 unspecified atom stereocenters. The number of nitrogens with one attached hydrogen (secondary N) is 2. The van der Waals surface area contributed by atoms with Crippen LogP contribution < -0.4 is 10.6 Å². The lowest BCUT2D eigenvalue weighted by Crippen LogP contribution is -2.54. The maximum absolute atomic E-state index is 11.7. The Morgan fingerprint density at radius 3 is 2.33 bits per heavy atom. The number of carbonyl (C=O) groups excluding carboxylic acids is 1. The summed E-state index contributed by atoms with van der Waals surface area (Å²) in [5, 5.41) is 15.5. The predicted molar refractivity (Wildman–Crippen MR) is 65.2 cm³/mol. The number of rotatable bonds is 6. The third-order valence-corrected chi connectivity index (χ3v) is 3.19. The highest BCUT2D eigenvalue weighted by molar-refractivity contribution is 7.98. The molecule has 90 valence electrons. The smallest absolute Gasteiger partial charge is 0.239 e. The maximum Gasteiger partial charge on any atom is 0.239 e. The van der Waals surface area contributed by atoms with Crippen molar-refractivity contribution < 1.29 is 9.90 Å². The summed E-state index contributed by atoms with van der Waals surface area (Å²) in [7, 11) is 1.74. The summed E-state index contributed by atoms with van der Waals surface area (Å²) in [6.07, 6.45) is 1.92. The molecule has 0 aromatic carbocycles. The third kappa shape index (κ3) is 5.39. The first-order chi connectivity index (χ1) is 6.75. The van der Waals surface area contributed by atoms with Crippen LogP contribution in [0.2, 0.25) is 0 Å². The van der Waals surface area contributed by atoms with Crippen molar-refractivity contribution in [3.63, 3.8) is 0 Å². The van der Waals surface area contributed by atoms with Crippen molar-refractivity contribution in [3.8, 4) is 0 Å². The van der Waals surface area contributed by atoms with Crippen molar-refractivity contribution >= 4 is 17.7 Å². The molecule has 1 amide bonds. The first-order valence-electron chi connectivity index (χ1n) is 4.94. The minimum Gasteiger partial charge on any atom is -0.387 e. The van der Waals surface area contributed by atoms with E-state index in [4.69, 9.17) is 0 Å². The second-order valence-corrected chi connectivity index (χ2v) is 5.35. The van der Waals surface area contributed by atoms with Gasteiger partial charge in [-0.2, -0.15) is 11.8 Å². The molecule has 0 aromatic heterocycles. The van der Waals surface area contributed by atoms with Crippen LogP contribution in [0.3, 0.4) is 0 Å². The van der Waals surface area contributed by atoms with Gasteiger partial charge in [0.2, 0.25) is 5.91 Å². The van der Waals surface area contributed by atoms with Crippen LogP contribution in [0.5, 0.6) is 0 Å². The Kier molecular flexibility index (Phi) is 5.62. The number of hydrogen-bond donors (Lipinski definition) is 3. The van der Waals surface area contributed by atoms with Crippen LogP contribution in [0.1, 0.15) is 20.8 Å².